The summed E-state index contributed by atoms with van der Waals surface area (Å²) in [6.45, 7) is 9.75. The normalized spacial score (nSPS) is 16.5. The van der Waals surface area contributed by atoms with Gasteiger partial charge in [-0.05, 0) is 31.0 Å². The van der Waals surface area contributed by atoms with Gasteiger partial charge in [-0.2, -0.15) is 0 Å². The summed E-state index contributed by atoms with van der Waals surface area (Å²) in [5.74, 6) is -0.850. The molecule has 1 saturated heterocycles. The first-order chi connectivity index (χ1) is 9.08. The minimum absolute atomic E-state index is 0. The lowest BCUT2D eigenvalue weighted by molar-refractivity contribution is 0.172. The third kappa shape index (κ3) is 5.47. The Morgan fingerprint density at radius 3 is 2.52 bits per heavy atom. The topological polar surface area (TPSA) is 35.5 Å². The number of nitrogens with zero attached hydrogens (tertiary/aromatic N) is 1. The molecular formula is C15H23Cl2FN2O. The second kappa shape index (κ2) is 9.26. The highest BCUT2D eigenvalue weighted by Crippen LogP contribution is 2.30. The van der Waals surface area contributed by atoms with Gasteiger partial charge in [-0.3, -0.25) is 4.90 Å². The summed E-state index contributed by atoms with van der Waals surface area (Å²) in [5.41, 5.74) is 1.98. The van der Waals surface area contributed by atoms with Gasteiger partial charge >= 0.3 is 0 Å². The Morgan fingerprint density at radius 2 is 2.00 bits per heavy atom. The molecule has 0 spiro atoms. The SMILES string of the molecule is C=C(C)C[C@H](c1ccc(O)c(F)c1)N1CCNCC1.Cl.Cl. The summed E-state index contributed by atoms with van der Waals surface area (Å²) in [6.07, 6.45) is 0.810. The molecule has 2 N–H and O–H groups in total. The molecule has 0 aliphatic carbocycles. The van der Waals surface area contributed by atoms with Gasteiger partial charge in [-0.25, -0.2) is 4.39 Å². The molecule has 0 saturated carbocycles. The van der Waals surface area contributed by atoms with Crippen molar-refractivity contribution < 1.29 is 9.50 Å². The first-order valence-corrected chi connectivity index (χ1v) is 6.65. The molecule has 120 valence electrons. The minimum atomic E-state index is -0.556. The average Bonchev–Trinajstić information content (AvgIpc) is 2.40. The van der Waals surface area contributed by atoms with Gasteiger partial charge in [0.15, 0.2) is 11.6 Å². The van der Waals surface area contributed by atoms with E-state index in [1.807, 2.05) is 6.92 Å². The predicted octanol–water partition coefficient (Wildman–Crippen LogP) is 3.29. The van der Waals surface area contributed by atoms with Gasteiger partial charge in [-0.1, -0.05) is 11.6 Å². The van der Waals surface area contributed by atoms with Crippen molar-refractivity contribution in [2.45, 2.75) is 19.4 Å². The third-order valence-electron chi connectivity index (χ3n) is 3.49. The van der Waals surface area contributed by atoms with Crippen molar-refractivity contribution in [3.05, 3.63) is 41.7 Å². The average molecular weight is 337 g/mol. The fourth-order valence-electron chi connectivity index (χ4n) is 2.51. The monoisotopic (exact) mass is 336 g/mol. The lowest BCUT2D eigenvalue weighted by Crippen LogP contribution is -2.45. The lowest BCUT2D eigenvalue weighted by Gasteiger charge is -2.35. The van der Waals surface area contributed by atoms with Gasteiger partial charge in [0.25, 0.3) is 0 Å². The predicted molar refractivity (Wildman–Crippen MR) is 89.2 cm³/mol. The summed E-state index contributed by atoms with van der Waals surface area (Å²) in [5, 5.41) is 12.6. The number of halogens is 3. The summed E-state index contributed by atoms with van der Waals surface area (Å²) in [7, 11) is 0. The molecule has 1 heterocycles. The first-order valence-electron chi connectivity index (χ1n) is 6.65. The smallest absolute Gasteiger partial charge is 0.165 e. The van der Waals surface area contributed by atoms with Gasteiger partial charge in [0, 0.05) is 32.2 Å². The number of hydrogen-bond acceptors (Lipinski definition) is 3. The number of phenolic OH excluding ortho intramolecular Hbond substituents is 1. The van der Waals surface area contributed by atoms with Crippen molar-refractivity contribution in [2.24, 2.45) is 0 Å². The zero-order valence-corrected chi connectivity index (χ0v) is 13.8. The number of phenols is 1. The second-order valence-corrected chi connectivity index (χ2v) is 5.17. The third-order valence-corrected chi connectivity index (χ3v) is 3.49. The highest BCUT2D eigenvalue weighted by Gasteiger charge is 2.22. The summed E-state index contributed by atoms with van der Waals surface area (Å²) in [6, 6.07) is 4.80. The Hall–Kier alpha value is -0.810. The largest absolute Gasteiger partial charge is 0.505 e. The molecule has 6 heteroatoms. The Morgan fingerprint density at radius 1 is 1.38 bits per heavy atom. The molecule has 1 aromatic carbocycles. The van der Waals surface area contributed by atoms with Crippen LogP contribution in [-0.4, -0.2) is 36.2 Å². The number of piperazine rings is 1. The van der Waals surface area contributed by atoms with E-state index in [1.54, 1.807) is 6.07 Å². The summed E-state index contributed by atoms with van der Waals surface area (Å²) >= 11 is 0. The minimum Gasteiger partial charge on any atom is -0.505 e. The van der Waals surface area contributed by atoms with Crippen molar-refractivity contribution in [3.63, 3.8) is 0 Å². The molecule has 0 aromatic heterocycles. The zero-order chi connectivity index (χ0) is 13.8. The Bertz CT molecular complexity index is 465. The Kier molecular flexibility index (Phi) is 8.90. The molecule has 0 radical (unpaired) electrons. The van der Waals surface area contributed by atoms with Gasteiger partial charge < -0.3 is 10.4 Å². The fourth-order valence-corrected chi connectivity index (χ4v) is 2.51. The van der Waals surface area contributed by atoms with Crippen LogP contribution in [0.4, 0.5) is 4.39 Å². The molecule has 3 nitrogen and oxygen atoms in total. The van der Waals surface area contributed by atoms with Crippen LogP contribution >= 0.6 is 24.8 Å². The van der Waals surface area contributed by atoms with E-state index in [0.717, 1.165) is 43.7 Å². The molecular weight excluding hydrogens is 314 g/mol. The number of nitrogens with one attached hydrogen (secondary N) is 1. The maximum atomic E-state index is 13.5. The van der Waals surface area contributed by atoms with Crippen LogP contribution in [0.15, 0.2) is 30.4 Å². The van der Waals surface area contributed by atoms with E-state index in [2.05, 4.69) is 16.8 Å². The maximum absolute atomic E-state index is 13.5. The first kappa shape index (κ1) is 20.2. The van der Waals surface area contributed by atoms with E-state index < -0.39 is 5.82 Å². The van der Waals surface area contributed by atoms with Gasteiger partial charge in [0.05, 0.1) is 0 Å². The molecule has 1 fully saturated rings. The van der Waals surface area contributed by atoms with Crippen LogP contribution in [0.1, 0.15) is 24.9 Å². The highest BCUT2D eigenvalue weighted by molar-refractivity contribution is 5.85. The second-order valence-electron chi connectivity index (χ2n) is 5.17. The van der Waals surface area contributed by atoms with Crippen LogP contribution in [0.5, 0.6) is 5.75 Å². The molecule has 1 aliphatic heterocycles. The van der Waals surface area contributed by atoms with Crippen molar-refractivity contribution in [1.82, 2.24) is 10.2 Å². The molecule has 0 bridgehead atoms. The highest BCUT2D eigenvalue weighted by atomic mass is 35.5. The van der Waals surface area contributed by atoms with Crippen molar-refractivity contribution in [1.29, 1.82) is 0 Å². The molecule has 0 unspecified atom stereocenters. The maximum Gasteiger partial charge on any atom is 0.165 e. The molecule has 1 aliphatic rings. The summed E-state index contributed by atoms with van der Waals surface area (Å²) in [4.78, 5) is 2.34. The van der Waals surface area contributed by atoms with E-state index in [1.165, 1.54) is 12.1 Å². The molecule has 1 atom stereocenters. The number of hydrogen-bond donors (Lipinski definition) is 2. The van der Waals surface area contributed by atoms with E-state index >= 15 is 0 Å². The van der Waals surface area contributed by atoms with Crippen molar-refractivity contribution in [2.75, 3.05) is 26.2 Å². The number of benzene rings is 1. The quantitative estimate of drug-likeness (QED) is 0.828. The van der Waals surface area contributed by atoms with Crippen LogP contribution in [-0.2, 0) is 0 Å². The molecule has 1 aromatic rings. The lowest BCUT2D eigenvalue weighted by atomic mass is 9.97. The van der Waals surface area contributed by atoms with Crippen LogP contribution in [0.25, 0.3) is 0 Å². The van der Waals surface area contributed by atoms with E-state index in [9.17, 15) is 9.50 Å². The van der Waals surface area contributed by atoms with Gasteiger partial charge in [0.1, 0.15) is 0 Å². The van der Waals surface area contributed by atoms with Gasteiger partial charge in [0.2, 0.25) is 0 Å². The van der Waals surface area contributed by atoms with E-state index in [-0.39, 0.29) is 36.6 Å². The van der Waals surface area contributed by atoms with Gasteiger partial charge in [-0.15, -0.1) is 31.4 Å². The Balaban J connectivity index is 0.00000200. The fraction of sp³-hybridized carbons (Fsp3) is 0.467. The number of aromatic hydroxyl groups is 1. The van der Waals surface area contributed by atoms with Crippen LogP contribution in [0, 0.1) is 5.82 Å². The zero-order valence-electron chi connectivity index (χ0n) is 12.1. The standard InChI is InChI=1S/C15H21FN2O.2ClH/c1-11(2)9-14(18-7-5-17-6-8-18)12-3-4-15(19)13(16)10-12;;/h3-4,10,14,17,19H,1,5-9H2,2H3;2*1H/t14-;;/m1../s1. The van der Waals surface area contributed by atoms with E-state index in [0.29, 0.717) is 0 Å². The molecule has 2 rings (SSSR count). The van der Waals surface area contributed by atoms with Crippen molar-refractivity contribution in [3.8, 4) is 5.75 Å². The Labute approximate surface area is 138 Å². The molecule has 21 heavy (non-hydrogen) atoms. The summed E-state index contributed by atoms with van der Waals surface area (Å²) < 4.78 is 13.5. The van der Waals surface area contributed by atoms with Crippen molar-refractivity contribution >= 4 is 24.8 Å². The van der Waals surface area contributed by atoms with Crippen LogP contribution in [0.3, 0.4) is 0 Å². The van der Waals surface area contributed by atoms with Crippen LogP contribution < -0.4 is 5.32 Å². The number of rotatable bonds is 4. The van der Waals surface area contributed by atoms with Crippen LogP contribution in [0.2, 0.25) is 0 Å². The molecule has 0 amide bonds. The van der Waals surface area contributed by atoms with E-state index in [4.69, 9.17) is 0 Å².